The van der Waals surface area contributed by atoms with Gasteiger partial charge in [-0.05, 0) is 106 Å². The number of thiol groups is 1. The number of pyridine rings is 2. The van der Waals surface area contributed by atoms with Crippen LogP contribution in [0.3, 0.4) is 0 Å². The Labute approximate surface area is 409 Å². The predicted molar refractivity (Wildman–Crippen MR) is 278 cm³/mol. The van der Waals surface area contributed by atoms with Crippen LogP contribution >= 0.6 is 77.4 Å². The number of imide groups is 1. The SMILES string of the molecule is CC(C)(CC(=O)ON1C(=O)CCC1=O)SSc1ccccn1.CCCCCCCS.CCCCCCCSSC(C)(C)CC(=O)NC.CNC(=O)CC(C)(C)SSc1ccccn1. The third kappa shape index (κ3) is 34.3. The fraction of sp³-hybridized carbons (Fsp3) is 0.667. The van der Waals surface area contributed by atoms with Gasteiger partial charge >= 0.3 is 5.97 Å². The third-order valence-corrected chi connectivity index (χ3v) is 18.5. The number of unbranched alkanes of at least 4 members (excludes halogenated alkanes) is 8. The number of carbonyl (C=O) groups excluding carboxylic acids is 5. The van der Waals surface area contributed by atoms with E-state index >= 15 is 0 Å². The molecule has 11 nitrogen and oxygen atoms in total. The highest BCUT2D eigenvalue weighted by Gasteiger charge is 2.34. The highest BCUT2D eigenvalue weighted by molar-refractivity contribution is 8.77. The van der Waals surface area contributed by atoms with Gasteiger partial charge in [-0.3, -0.25) is 19.2 Å². The number of hydrogen-bond donors (Lipinski definition) is 3. The highest BCUT2D eigenvalue weighted by atomic mass is 33.1. The Bertz CT molecular complexity index is 1540. The highest BCUT2D eigenvalue weighted by Crippen LogP contribution is 2.43. The van der Waals surface area contributed by atoms with Gasteiger partial charge in [-0.25, -0.2) is 14.8 Å². The van der Waals surface area contributed by atoms with Crippen LogP contribution in [-0.2, 0) is 28.8 Å². The number of rotatable bonds is 26. The second-order valence-electron chi connectivity index (χ2n) is 16.3. The van der Waals surface area contributed by atoms with E-state index in [4.69, 9.17) is 4.84 Å². The molecule has 1 fully saturated rings. The molecule has 2 N–H and O–H groups in total. The van der Waals surface area contributed by atoms with Crippen LogP contribution in [0.4, 0.5) is 0 Å². The first kappa shape index (κ1) is 61.3. The van der Waals surface area contributed by atoms with Gasteiger partial charge in [0.2, 0.25) is 11.8 Å². The Hall–Kier alpha value is -1.70. The van der Waals surface area contributed by atoms with Crippen molar-refractivity contribution in [2.75, 3.05) is 25.6 Å². The molecule has 0 unspecified atom stereocenters. The average Bonchev–Trinajstić information content (AvgIpc) is 3.56. The molecule has 2 aromatic heterocycles. The Morgan fingerprint density at radius 2 is 1.08 bits per heavy atom. The second kappa shape index (κ2) is 36.4. The van der Waals surface area contributed by atoms with E-state index < -0.39 is 22.5 Å². The Kier molecular flexibility index (Phi) is 35.4. The van der Waals surface area contributed by atoms with Gasteiger partial charge in [-0.1, -0.05) is 121 Å². The Morgan fingerprint density at radius 3 is 1.49 bits per heavy atom. The molecule has 1 aliphatic heterocycles. The summed E-state index contributed by atoms with van der Waals surface area (Å²) in [7, 11) is 13.3. The molecule has 0 aliphatic carbocycles. The van der Waals surface area contributed by atoms with E-state index in [1.54, 1.807) is 48.1 Å². The lowest BCUT2D eigenvalue weighted by Gasteiger charge is -2.22. The van der Waals surface area contributed by atoms with Crippen LogP contribution in [0.5, 0.6) is 0 Å². The van der Waals surface area contributed by atoms with E-state index in [9.17, 15) is 24.0 Å². The van der Waals surface area contributed by atoms with Crippen molar-refractivity contribution in [3.05, 3.63) is 48.8 Å². The minimum atomic E-state index is -0.595. The quantitative estimate of drug-likeness (QED) is 0.0355. The smallest absolute Gasteiger partial charge is 0.334 e. The zero-order chi connectivity index (χ0) is 47.6. The predicted octanol–water partition coefficient (Wildman–Crippen LogP) is 12.5. The standard InChI is InChI=1S/C14H16N2O4S2.C13H27NOS2.C11H16N2OS2.C7H16S/c1-14(2,22-21-10-5-3-4-8-15-10)9-13(19)20-16-11(17)6-7-12(16)18;1-5-6-7-8-9-10-16-17-13(2,3)11-12(15)14-4;1-11(2,8-9(14)12-3)16-15-10-6-4-5-7-13-10;1-2-3-4-5-6-7-8/h3-5,8H,6-7,9H2,1-2H3;5-11H2,1-4H3,(H,14,15);4-7H,8H2,1-3H3,(H,12,14);8H,2-7H2,1H3. The molecule has 0 aromatic carbocycles. The average molecular weight is 1010 g/mol. The summed E-state index contributed by atoms with van der Waals surface area (Å²) in [6, 6.07) is 11.4. The van der Waals surface area contributed by atoms with Crippen molar-refractivity contribution >= 4 is 107 Å². The van der Waals surface area contributed by atoms with Gasteiger partial charge in [0, 0.05) is 72.2 Å². The van der Waals surface area contributed by atoms with Crippen molar-refractivity contribution in [1.29, 1.82) is 0 Å². The zero-order valence-electron chi connectivity index (χ0n) is 39.3. The summed E-state index contributed by atoms with van der Waals surface area (Å²) in [5.41, 5.74) is 0. The summed E-state index contributed by atoms with van der Waals surface area (Å²) in [5.74, 6) is 0.932. The molecule has 1 aliphatic rings. The summed E-state index contributed by atoms with van der Waals surface area (Å²) in [6.45, 7) is 16.7. The Morgan fingerprint density at radius 1 is 0.651 bits per heavy atom. The molecule has 0 saturated carbocycles. The molecular weight excluding hydrogens is 931 g/mol. The first-order valence-corrected chi connectivity index (χ1v) is 29.0. The van der Waals surface area contributed by atoms with E-state index in [1.807, 2.05) is 71.8 Å². The minimum absolute atomic E-state index is 0.0359. The molecule has 0 radical (unpaired) electrons. The third-order valence-electron chi connectivity index (χ3n) is 8.36. The number of hydrogen-bond acceptors (Lipinski definition) is 15. The van der Waals surface area contributed by atoms with E-state index in [2.05, 4.69) is 74.8 Å². The molecule has 0 atom stereocenters. The van der Waals surface area contributed by atoms with E-state index in [-0.39, 0.29) is 40.6 Å². The monoisotopic (exact) mass is 1010 g/mol. The van der Waals surface area contributed by atoms with Gasteiger partial charge in [0.05, 0.1) is 6.42 Å². The fourth-order valence-corrected chi connectivity index (χ4v) is 12.1. The summed E-state index contributed by atoms with van der Waals surface area (Å²) in [5, 5.41) is 7.72. The summed E-state index contributed by atoms with van der Waals surface area (Å²) in [6.07, 6.45) is 18.3. The van der Waals surface area contributed by atoms with Crippen molar-refractivity contribution in [1.82, 2.24) is 25.7 Å². The van der Waals surface area contributed by atoms with Gasteiger partial charge in [0.25, 0.3) is 11.8 Å². The molecule has 3 heterocycles. The lowest BCUT2D eigenvalue weighted by Crippen LogP contribution is -2.34. The van der Waals surface area contributed by atoms with E-state index in [0.29, 0.717) is 17.9 Å². The molecule has 2 aromatic rings. The van der Waals surface area contributed by atoms with Crippen molar-refractivity contribution in [3.8, 4) is 0 Å². The minimum Gasteiger partial charge on any atom is -0.359 e. The largest absolute Gasteiger partial charge is 0.359 e. The molecule has 1 saturated heterocycles. The molecule has 0 spiro atoms. The first-order valence-electron chi connectivity index (χ1n) is 21.8. The molecule has 358 valence electrons. The number of nitrogens with one attached hydrogen (secondary N) is 2. The van der Waals surface area contributed by atoms with Crippen molar-refractivity contribution in [3.63, 3.8) is 0 Å². The van der Waals surface area contributed by atoms with Crippen LogP contribution in [0.2, 0.25) is 0 Å². The maximum Gasteiger partial charge on any atom is 0.334 e. The summed E-state index contributed by atoms with van der Waals surface area (Å²) >= 11 is 4.12. The summed E-state index contributed by atoms with van der Waals surface area (Å²) < 4.78 is -0.485. The van der Waals surface area contributed by atoms with Gasteiger partial charge in [0.15, 0.2) is 0 Å². The molecular formula is C45H75N5O6S7. The normalized spacial score (nSPS) is 12.5. The van der Waals surface area contributed by atoms with E-state index in [1.165, 1.54) is 91.5 Å². The van der Waals surface area contributed by atoms with Crippen molar-refractivity contribution < 1.29 is 28.8 Å². The number of nitrogens with zero attached hydrogens (tertiary/aromatic N) is 3. The maximum absolute atomic E-state index is 11.9. The number of aromatic nitrogens is 2. The van der Waals surface area contributed by atoms with Gasteiger partial charge < -0.3 is 15.5 Å². The molecule has 0 bridgehead atoms. The van der Waals surface area contributed by atoms with Gasteiger partial charge in [-0.2, -0.15) is 12.6 Å². The lowest BCUT2D eigenvalue weighted by atomic mass is 10.1. The topological polar surface area (TPSA) is 148 Å². The number of carbonyl (C=O) groups is 5. The molecule has 3 rings (SSSR count). The van der Waals surface area contributed by atoms with Crippen molar-refractivity contribution in [2.45, 2.75) is 176 Å². The first-order chi connectivity index (χ1) is 29.8. The maximum atomic E-state index is 11.9. The lowest BCUT2D eigenvalue weighted by molar-refractivity contribution is -0.197. The van der Waals surface area contributed by atoms with Crippen molar-refractivity contribution in [2.24, 2.45) is 0 Å². The zero-order valence-corrected chi connectivity index (χ0v) is 45.1. The number of hydroxylamine groups is 2. The molecule has 18 heteroatoms. The Balaban J connectivity index is 0.000000853. The fourth-order valence-electron chi connectivity index (χ4n) is 4.96. The second-order valence-corrected chi connectivity index (χ2v) is 25.6. The van der Waals surface area contributed by atoms with Gasteiger partial charge in [-0.15, -0.1) is 5.06 Å². The molecule has 4 amide bonds. The van der Waals surface area contributed by atoms with Crippen LogP contribution in [0.1, 0.15) is 152 Å². The van der Waals surface area contributed by atoms with Crippen LogP contribution in [0.15, 0.2) is 58.8 Å². The van der Waals surface area contributed by atoms with Crippen LogP contribution in [-0.4, -0.2) is 84.5 Å². The van der Waals surface area contributed by atoms with Gasteiger partial charge in [0.1, 0.15) is 10.1 Å². The van der Waals surface area contributed by atoms with Crippen LogP contribution in [0, 0.1) is 0 Å². The van der Waals surface area contributed by atoms with E-state index in [0.717, 1.165) is 15.8 Å². The van der Waals surface area contributed by atoms with Crippen LogP contribution < -0.4 is 10.6 Å². The number of amides is 4. The van der Waals surface area contributed by atoms with Crippen LogP contribution in [0.25, 0.3) is 0 Å². The summed E-state index contributed by atoms with van der Waals surface area (Å²) in [4.78, 5) is 70.6. The molecule has 63 heavy (non-hydrogen) atoms.